The van der Waals surface area contributed by atoms with Gasteiger partial charge in [-0.25, -0.2) is 13.1 Å². The van der Waals surface area contributed by atoms with E-state index in [1.807, 2.05) is 6.92 Å². The Morgan fingerprint density at radius 2 is 2.00 bits per heavy atom. The van der Waals surface area contributed by atoms with Gasteiger partial charge in [0, 0.05) is 23.9 Å². The lowest BCUT2D eigenvalue weighted by Gasteiger charge is -2.15. The van der Waals surface area contributed by atoms with Crippen LogP contribution in [0.5, 0.6) is 0 Å². The standard InChI is InChI=1S/C12H21NO3S2/c1-9(2)8-10(3)13-18(15,16)12-5-4-11(17-12)6-7-14/h4-5,9-10,13-14H,6-8H2,1-3H3. The molecule has 0 amide bonds. The fraction of sp³-hybridized carbons (Fsp3) is 0.667. The summed E-state index contributed by atoms with van der Waals surface area (Å²) in [5.41, 5.74) is 0. The Morgan fingerprint density at radius 3 is 2.56 bits per heavy atom. The van der Waals surface area contributed by atoms with Gasteiger partial charge in [0.25, 0.3) is 0 Å². The smallest absolute Gasteiger partial charge is 0.250 e. The molecule has 0 saturated carbocycles. The van der Waals surface area contributed by atoms with E-state index in [2.05, 4.69) is 18.6 Å². The third kappa shape index (κ3) is 4.68. The second-order valence-electron chi connectivity index (χ2n) is 4.85. The van der Waals surface area contributed by atoms with Gasteiger partial charge < -0.3 is 5.11 Å². The Bertz CT molecular complexity index is 465. The average molecular weight is 291 g/mol. The van der Waals surface area contributed by atoms with Crippen molar-refractivity contribution in [3.8, 4) is 0 Å². The first-order valence-corrected chi connectivity index (χ1v) is 8.37. The van der Waals surface area contributed by atoms with Crippen LogP contribution in [0.25, 0.3) is 0 Å². The van der Waals surface area contributed by atoms with E-state index in [1.165, 1.54) is 11.3 Å². The van der Waals surface area contributed by atoms with Crippen LogP contribution >= 0.6 is 11.3 Å². The van der Waals surface area contributed by atoms with Gasteiger partial charge in [-0.15, -0.1) is 11.3 Å². The van der Waals surface area contributed by atoms with Crippen molar-refractivity contribution in [3.05, 3.63) is 17.0 Å². The zero-order valence-corrected chi connectivity index (χ0v) is 12.6. The minimum Gasteiger partial charge on any atom is -0.396 e. The molecule has 1 atom stereocenters. The van der Waals surface area contributed by atoms with Crippen molar-refractivity contribution in [2.75, 3.05) is 6.61 Å². The molecule has 1 aromatic heterocycles. The molecule has 0 aliphatic carbocycles. The molecule has 0 radical (unpaired) electrons. The van der Waals surface area contributed by atoms with Gasteiger partial charge in [-0.1, -0.05) is 13.8 Å². The maximum atomic E-state index is 12.1. The third-order valence-corrected chi connectivity index (χ3v) is 5.67. The topological polar surface area (TPSA) is 66.4 Å². The van der Waals surface area contributed by atoms with Crippen LogP contribution in [-0.4, -0.2) is 26.2 Å². The van der Waals surface area contributed by atoms with Crippen LogP contribution in [0.2, 0.25) is 0 Å². The Balaban J connectivity index is 2.73. The van der Waals surface area contributed by atoms with Crippen molar-refractivity contribution in [2.45, 2.75) is 43.9 Å². The Morgan fingerprint density at radius 1 is 1.33 bits per heavy atom. The quantitative estimate of drug-likeness (QED) is 0.807. The van der Waals surface area contributed by atoms with E-state index in [-0.39, 0.29) is 12.6 Å². The van der Waals surface area contributed by atoms with Gasteiger partial charge in [-0.3, -0.25) is 0 Å². The van der Waals surface area contributed by atoms with Crippen LogP contribution in [0.4, 0.5) is 0 Å². The molecule has 4 nitrogen and oxygen atoms in total. The highest BCUT2D eigenvalue weighted by Gasteiger charge is 2.19. The van der Waals surface area contributed by atoms with Crippen LogP contribution in [0, 0.1) is 5.92 Å². The molecule has 18 heavy (non-hydrogen) atoms. The molecule has 0 aliphatic heterocycles. The largest absolute Gasteiger partial charge is 0.396 e. The number of hydrogen-bond donors (Lipinski definition) is 2. The Kier molecular flexibility index (Phi) is 5.78. The second kappa shape index (κ2) is 6.65. The number of rotatable bonds is 7. The van der Waals surface area contributed by atoms with E-state index in [1.54, 1.807) is 12.1 Å². The Labute approximate surface area is 113 Å². The number of nitrogens with one attached hydrogen (secondary N) is 1. The molecule has 0 aliphatic rings. The molecule has 1 unspecified atom stereocenters. The number of aliphatic hydroxyl groups excluding tert-OH is 1. The zero-order chi connectivity index (χ0) is 13.8. The van der Waals surface area contributed by atoms with Gasteiger partial charge in [-0.2, -0.15) is 0 Å². The third-order valence-electron chi connectivity index (χ3n) is 2.44. The molecule has 1 aromatic rings. The van der Waals surface area contributed by atoms with E-state index in [0.29, 0.717) is 16.5 Å². The van der Waals surface area contributed by atoms with Crippen LogP contribution in [-0.2, 0) is 16.4 Å². The predicted octanol–water partition coefficient (Wildman–Crippen LogP) is 2.00. The molecule has 1 heterocycles. The average Bonchev–Trinajstić information content (AvgIpc) is 2.65. The molecular weight excluding hydrogens is 270 g/mol. The van der Waals surface area contributed by atoms with E-state index >= 15 is 0 Å². The summed E-state index contributed by atoms with van der Waals surface area (Å²) in [4.78, 5) is 0.884. The first-order chi connectivity index (χ1) is 8.35. The summed E-state index contributed by atoms with van der Waals surface area (Å²) >= 11 is 1.21. The minimum absolute atomic E-state index is 0.0389. The molecule has 0 bridgehead atoms. The lowest BCUT2D eigenvalue weighted by atomic mass is 10.1. The van der Waals surface area contributed by atoms with Gasteiger partial charge in [-0.05, 0) is 31.4 Å². The fourth-order valence-corrected chi connectivity index (χ4v) is 4.44. The maximum absolute atomic E-state index is 12.1. The Hall–Kier alpha value is -0.430. The number of sulfonamides is 1. The van der Waals surface area contributed by atoms with Crippen LogP contribution < -0.4 is 4.72 Å². The molecule has 0 aromatic carbocycles. The highest BCUT2D eigenvalue weighted by atomic mass is 32.2. The summed E-state index contributed by atoms with van der Waals surface area (Å²) in [7, 11) is -3.42. The first kappa shape index (κ1) is 15.6. The van der Waals surface area contributed by atoms with E-state index in [4.69, 9.17) is 5.11 Å². The van der Waals surface area contributed by atoms with Crippen LogP contribution in [0.1, 0.15) is 32.1 Å². The summed E-state index contributed by atoms with van der Waals surface area (Å²) in [6.07, 6.45) is 1.32. The van der Waals surface area contributed by atoms with Gasteiger partial charge >= 0.3 is 0 Å². The molecule has 6 heteroatoms. The summed E-state index contributed by atoms with van der Waals surface area (Å²) in [5.74, 6) is 0.455. The molecule has 0 saturated heterocycles. The summed E-state index contributed by atoms with van der Waals surface area (Å²) in [6, 6.07) is 3.28. The van der Waals surface area contributed by atoms with Gasteiger partial charge in [0.05, 0.1) is 0 Å². The molecule has 0 spiro atoms. The SMILES string of the molecule is CC(C)CC(C)NS(=O)(=O)c1ccc(CCO)s1. The minimum atomic E-state index is -3.42. The molecule has 0 fully saturated rings. The second-order valence-corrected chi connectivity index (χ2v) is 7.96. The number of thiophene rings is 1. The number of aliphatic hydroxyl groups is 1. The summed E-state index contributed by atoms with van der Waals surface area (Å²) in [5, 5.41) is 8.82. The van der Waals surface area contributed by atoms with E-state index < -0.39 is 10.0 Å². The lowest BCUT2D eigenvalue weighted by Crippen LogP contribution is -2.33. The van der Waals surface area contributed by atoms with Crippen molar-refractivity contribution in [1.29, 1.82) is 0 Å². The first-order valence-electron chi connectivity index (χ1n) is 6.07. The van der Waals surface area contributed by atoms with Crippen LogP contribution in [0.15, 0.2) is 16.3 Å². The predicted molar refractivity (Wildman–Crippen MR) is 74.3 cm³/mol. The highest BCUT2D eigenvalue weighted by Crippen LogP contribution is 2.22. The van der Waals surface area contributed by atoms with Crippen molar-refractivity contribution in [1.82, 2.24) is 4.72 Å². The summed E-state index contributed by atoms with van der Waals surface area (Å²) < 4.78 is 27.2. The molecule has 2 N–H and O–H groups in total. The fourth-order valence-electron chi connectivity index (χ4n) is 1.83. The van der Waals surface area contributed by atoms with Gasteiger partial charge in [0.1, 0.15) is 4.21 Å². The summed E-state index contributed by atoms with van der Waals surface area (Å²) in [6.45, 7) is 6.04. The molecule has 1 rings (SSSR count). The molecular formula is C12H21NO3S2. The highest BCUT2D eigenvalue weighted by molar-refractivity contribution is 7.91. The van der Waals surface area contributed by atoms with Crippen molar-refractivity contribution >= 4 is 21.4 Å². The van der Waals surface area contributed by atoms with Crippen molar-refractivity contribution < 1.29 is 13.5 Å². The van der Waals surface area contributed by atoms with Crippen molar-refractivity contribution in [2.24, 2.45) is 5.92 Å². The maximum Gasteiger partial charge on any atom is 0.250 e. The van der Waals surface area contributed by atoms with Gasteiger partial charge in [0.2, 0.25) is 10.0 Å². The van der Waals surface area contributed by atoms with Crippen molar-refractivity contribution in [3.63, 3.8) is 0 Å². The zero-order valence-electron chi connectivity index (χ0n) is 11.0. The normalized spacial score (nSPS) is 14.1. The van der Waals surface area contributed by atoms with E-state index in [9.17, 15) is 8.42 Å². The lowest BCUT2D eigenvalue weighted by molar-refractivity contribution is 0.300. The van der Waals surface area contributed by atoms with Gasteiger partial charge in [0.15, 0.2) is 0 Å². The molecule has 104 valence electrons. The monoisotopic (exact) mass is 291 g/mol. The van der Waals surface area contributed by atoms with Crippen LogP contribution in [0.3, 0.4) is 0 Å². The number of hydrogen-bond acceptors (Lipinski definition) is 4. The van der Waals surface area contributed by atoms with E-state index in [0.717, 1.165) is 11.3 Å².